The molecule has 1 saturated carbocycles. The van der Waals surface area contributed by atoms with Gasteiger partial charge >= 0.3 is 0 Å². The molecular weight excluding hydrogens is 318 g/mol. The van der Waals surface area contributed by atoms with Crippen LogP contribution in [0.4, 0.5) is 5.69 Å². The molecule has 4 rings (SSSR count). The number of anilines is 1. The predicted molar refractivity (Wildman–Crippen MR) is 79.0 cm³/mol. The zero-order valence-electron chi connectivity index (χ0n) is 11.0. The Bertz CT molecular complexity index is 651. The topological polar surface area (TPSA) is 37.4 Å². The van der Waals surface area contributed by atoms with E-state index in [4.69, 9.17) is 0 Å². The predicted octanol–water partition coefficient (Wildman–Crippen LogP) is 3.15. The number of nitrogens with zero attached hydrogens (tertiary/aromatic N) is 1. The van der Waals surface area contributed by atoms with Gasteiger partial charge in [-0.1, -0.05) is 28.1 Å². The number of benzene rings is 1. The molecule has 0 radical (unpaired) electrons. The molecule has 4 atom stereocenters. The van der Waals surface area contributed by atoms with Crippen LogP contribution in [0.2, 0.25) is 0 Å². The Kier molecular flexibility index (Phi) is 2.35. The standard InChI is InChI=1S/C16H14BrNO2/c1-16-10-3-2-9(8-10)13(16)14(19)18(15(16)20)12-6-4-11(17)5-7-12/h2-7,9-10,13H,8H2,1H3/t9-,10-,13-,16-/m0/s1. The van der Waals surface area contributed by atoms with E-state index in [1.54, 1.807) is 0 Å². The van der Waals surface area contributed by atoms with Gasteiger partial charge in [-0.2, -0.15) is 0 Å². The van der Waals surface area contributed by atoms with Crippen LogP contribution < -0.4 is 4.90 Å². The third-order valence-corrected chi connectivity index (χ3v) is 5.73. The van der Waals surface area contributed by atoms with E-state index in [2.05, 4.69) is 28.1 Å². The molecule has 2 fully saturated rings. The fourth-order valence-electron chi connectivity index (χ4n) is 4.14. The van der Waals surface area contributed by atoms with Gasteiger partial charge in [0.2, 0.25) is 11.8 Å². The molecule has 4 heteroatoms. The number of halogens is 1. The fraction of sp³-hybridized carbons (Fsp3) is 0.375. The Morgan fingerprint density at radius 3 is 2.55 bits per heavy atom. The molecule has 102 valence electrons. The lowest BCUT2D eigenvalue weighted by Gasteiger charge is -2.28. The molecular formula is C16H14BrNO2. The molecule has 1 aliphatic heterocycles. The van der Waals surface area contributed by atoms with Crippen molar-refractivity contribution in [3.63, 3.8) is 0 Å². The lowest BCUT2D eigenvalue weighted by atomic mass is 9.71. The molecule has 3 aliphatic rings. The van der Waals surface area contributed by atoms with Crippen molar-refractivity contribution in [3.05, 3.63) is 40.9 Å². The van der Waals surface area contributed by atoms with E-state index in [9.17, 15) is 9.59 Å². The molecule has 0 unspecified atom stereocenters. The van der Waals surface area contributed by atoms with Gasteiger partial charge in [-0.3, -0.25) is 9.59 Å². The number of carbonyl (C=O) groups excluding carboxylic acids is 2. The number of carbonyl (C=O) groups is 2. The van der Waals surface area contributed by atoms with Crippen LogP contribution in [0.25, 0.3) is 0 Å². The summed E-state index contributed by atoms with van der Waals surface area (Å²) in [5, 5.41) is 0. The van der Waals surface area contributed by atoms with Gasteiger partial charge in [0.25, 0.3) is 0 Å². The summed E-state index contributed by atoms with van der Waals surface area (Å²) in [4.78, 5) is 27.0. The minimum Gasteiger partial charge on any atom is -0.274 e. The van der Waals surface area contributed by atoms with E-state index in [0.717, 1.165) is 10.9 Å². The Morgan fingerprint density at radius 1 is 1.20 bits per heavy atom. The van der Waals surface area contributed by atoms with Crippen molar-refractivity contribution in [2.75, 3.05) is 4.90 Å². The second-order valence-electron chi connectivity index (χ2n) is 6.11. The summed E-state index contributed by atoms with van der Waals surface area (Å²) in [7, 11) is 0. The summed E-state index contributed by atoms with van der Waals surface area (Å²) < 4.78 is 0.938. The van der Waals surface area contributed by atoms with E-state index in [1.165, 1.54) is 4.90 Å². The molecule has 1 heterocycles. The van der Waals surface area contributed by atoms with Crippen LogP contribution in [0.5, 0.6) is 0 Å². The van der Waals surface area contributed by atoms with Crippen molar-refractivity contribution in [3.8, 4) is 0 Å². The first kappa shape index (κ1) is 12.3. The highest BCUT2D eigenvalue weighted by Gasteiger charge is 2.67. The Labute approximate surface area is 125 Å². The van der Waals surface area contributed by atoms with Crippen LogP contribution in [0.1, 0.15) is 13.3 Å². The van der Waals surface area contributed by atoms with Gasteiger partial charge in [-0.05, 0) is 49.4 Å². The summed E-state index contributed by atoms with van der Waals surface area (Å²) in [6.45, 7) is 1.96. The summed E-state index contributed by atoms with van der Waals surface area (Å²) in [5.41, 5.74) is 0.141. The zero-order chi connectivity index (χ0) is 14.1. The summed E-state index contributed by atoms with van der Waals surface area (Å²) in [6.07, 6.45) is 5.19. The van der Waals surface area contributed by atoms with E-state index in [-0.39, 0.29) is 29.6 Å². The normalized spacial score (nSPS) is 37.9. The molecule has 0 spiro atoms. The van der Waals surface area contributed by atoms with Crippen LogP contribution >= 0.6 is 15.9 Å². The van der Waals surface area contributed by atoms with Crippen LogP contribution in [-0.4, -0.2) is 11.8 Å². The third kappa shape index (κ3) is 1.30. The smallest absolute Gasteiger partial charge is 0.241 e. The number of allylic oxidation sites excluding steroid dienone is 2. The first-order valence-electron chi connectivity index (χ1n) is 6.86. The van der Waals surface area contributed by atoms with Gasteiger partial charge in [0.05, 0.1) is 17.0 Å². The third-order valence-electron chi connectivity index (χ3n) is 5.20. The maximum atomic E-state index is 12.9. The maximum absolute atomic E-state index is 12.9. The minimum atomic E-state index is -0.538. The minimum absolute atomic E-state index is 0.0309. The molecule has 3 nitrogen and oxygen atoms in total. The van der Waals surface area contributed by atoms with Crippen molar-refractivity contribution in [2.24, 2.45) is 23.2 Å². The van der Waals surface area contributed by atoms with Crippen molar-refractivity contribution in [1.29, 1.82) is 0 Å². The second-order valence-corrected chi connectivity index (χ2v) is 7.02. The Hall–Kier alpha value is -1.42. The van der Waals surface area contributed by atoms with E-state index in [1.807, 2.05) is 31.2 Å². The first-order chi connectivity index (χ1) is 9.53. The maximum Gasteiger partial charge on any atom is 0.241 e. The quantitative estimate of drug-likeness (QED) is 0.585. The van der Waals surface area contributed by atoms with E-state index >= 15 is 0 Å². The van der Waals surface area contributed by atoms with Gasteiger partial charge in [-0.25, -0.2) is 4.90 Å². The lowest BCUT2D eigenvalue weighted by molar-refractivity contribution is -0.127. The van der Waals surface area contributed by atoms with Crippen molar-refractivity contribution < 1.29 is 9.59 Å². The van der Waals surface area contributed by atoms with Crippen LogP contribution in [0.15, 0.2) is 40.9 Å². The molecule has 1 aromatic rings. The molecule has 2 aliphatic carbocycles. The van der Waals surface area contributed by atoms with Crippen LogP contribution in [0.3, 0.4) is 0 Å². The SMILES string of the molecule is C[C@@]12C(=O)N(c3ccc(Br)cc3)C(=O)[C@@H]1[C@H]1C=C[C@H]2C1. The highest BCUT2D eigenvalue weighted by atomic mass is 79.9. The number of fused-ring (bicyclic) bond motifs is 5. The number of rotatable bonds is 1. The van der Waals surface area contributed by atoms with Crippen molar-refractivity contribution in [1.82, 2.24) is 0 Å². The number of hydrogen-bond acceptors (Lipinski definition) is 2. The summed E-state index contributed by atoms with van der Waals surface area (Å²) in [5.74, 6) is 0.216. The number of hydrogen-bond donors (Lipinski definition) is 0. The van der Waals surface area contributed by atoms with Gasteiger partial charge in [0, 0.05) is 4.47 Å². The average molecular weight is 332 g/mol. The first-order valence-corrected chi connectivity index (χ1v) is 7.65. The van der Waals surface area contributed by atoms with Crippen LogP contribution in [0, 0.1) is 23.2 Å². The largest absolute Gasteiger partial charge is 0.274 e. The highest BCUT2D eigenvalue weighted by molar-refractivity contribution is 9.10. The van der Waals surface area contributed by atoms with Crippen LogP contribution in [-0.2, 0) is 9.59 Å². The van der Waals surface area contributed by atoms with Gasteiger partial charge in [0.15, 0.2) is 0 Å². The van der Waals surface area contributed by atoms with Gasteiger partial charge in [-0.15, -0.1) is 0 Å². The summed E-state index contributed by atoms with van der Waals surface area (Å²) in [6, 6.07) is 7.36. The Morgan fingerprint density at radius 2 is 1.90 bits per heavy atom. The molecule has 2 bridgehead atoms. The molecule has 2 amide bonds. The van der Waals surface area contributed by atoms with Crippen molar-refractivity contribution >= 4 is 33.4 Å². The molecule has 1 saturated heterocycles. The molecule has 1 aromatic carbocycles. The second kappa shape index (κ2) is 3.82. The fourth-order valence-corrected chi connectivity index (χ4v) is 4.40. The lowest BCUT2D eigenvalue weighted by Crippen LogP contribution is -2.37. The number of amides is 2. The number of imide groups is 1. The van der Waals surface area contributed by atoms with Gasteiger partial charge < -0.3 is 0 Å². The summed E-state index contributed by atoms with van der Waals surface area (Å²) >= 11 is 3.37. The monoisotopic (exact) mass is 331 g/mol. The van der Waals surface area contributed by atoms with Crippen molar-refractivity contribution in [2.45, 2.75) is 13.3 Å². The van der Waals surface area contributed by atoms with Gasteiger partial charge in [0.1, 0.15) is 0 Å². The molecule has 0 aromatic heterocycles. The van der Waals surface area contributed by atoms with E-state index < -0.39 is 5.41 Å². The molecule has 0 N–H and O–H groups in total. The van der Waals surface area contributed by atoms with E-state index in [0.29, 0.717) is 5.69 Å². The zero-order valence-corrected chi connectivity index (χ0v) is 12.6. The average Bonchev–Trinajstić information content (AvgIpc) is 3.05. The highest BCUT2D eigenvalue weighted by Crippen LogP contribution is 2.60. The molecule has 20 heavy (non-hydrogen) atoms. The Balaban J connectivity index is 1.80.